The monoisotopic (exact) mass is 187 g/mol. The minimum Gasteiger partial charge on any atom is -0.265 e. The summed E-state index contributed by atoms with van der Waals surface area (Å²) >= 11 is 0. The van der Waals surface area contributed by atoms with Crippen LogP contribution in [0.3, 0.4) is 0 Å². The highest BCUT2D eigenvalue weighted by Crippen LogP contribution is 2.06. The van der Waals surface area contributed by atoms with Gasteiger partial charge in [-0.1, -0.05) is 6.07 Å². The summed E-state index contributed by atoms with van der Waals surface area (Å²) < 4.78 is 26.8. The van der Waals surface area contributed by atoms with E-state index in [1.54, 1.807) is 19.1 Å². The Morgan fingerprint density at radius 2 is 2.25 bits per heavy atom. The maximum atomic E-state index is 11.1. The maximum Gasteiger partial charge on any atom is 0.314 e. The number of aromatic nitrogens is 1. The van der Waals surface area contributed by atoms with Crippen LogP contribution in [0.2, 0.25) is 0 Å². The SMILES string of the molecule is CCOS(=O)(=O)c1ccccn1. The van der Waals surface area contributed by atoms with Crippen LogP contribution in [-0.4, -0.2) is 20.0 Å². The second-order valence-corrected chi connectivity index (χ2v) is 3.59. The summed E-state index contributed by atoms with van der Waals surface area (Å²) in [5.41, 5.74) is 0. The van der Waals surface area contributed by atoms with Gasteiger partial charge in [-0.15, -0.1) is 0 Å². The Labute approximate surface area is 71.3 Å². The minimum absolute atomic E-state index is 0.0492. The second kappa shape index (κ2) is 3.64. The zero-order valence-electron chi connectivity index (χ0n) is 6.60. The van der Waals surface area contributed by atoms with Gasteiger partial charge >= 0.3 is 10.1 Å². The molecule has 0 saturated heterocycles. The first-order chi connectivity index (χ1) is 5.67. The van der Waals surface area contributed by atoms with Crippen molar-refractivity contribution in [3.63, 3.8) is 0 Å². The predicted molar refractivity (Wildman–Crippen MR) is 43.0 cm³/mol. The van der Waals surface area contributed by atoms with Gasteiger partial charge in [-0.25, -0.2) is 4.98 Å². The number of hydrogen-bond donors (Lipinski definition) is 0. The van der Waals surface area contributed by atoms with Gasteiger partial charge in [0.25, 0.3) is 0 Å². The summed E-state index contributed by atoms with van der Waals surface area (Å²) in [7, 11) is -3.62. The van der Waals surface area contributed by atoms with Crippen molar-refractivity contribution in [3.8, 4) is 0 Å². The van der Waals surface area contributed by atoms with Crippen molar-refractivity contribution in [1.29, 1.82) is 0 Å². The molecule has 0 saturated carbocycles. The third kappa shape index (κ3) is 2.02. The van der Waals surface area contributed by atoms with E-state index in [2.05, 4.69) is 9.17 Å². The summed E-state index contributed by atoms with van der Waals surface area (Å²) in [5, 5.41) is -0.0492. The fourth-order valence-corrected chi connectivity index (χ4v) is 1.58. The van der Waals surface area contributed by atoms with E-state index in [0.717, 1.165) is 0 Å². The van der Waals surface area contributed by atoms with E-state index >= 15 is 0 Å². The van der Waals surface area contributed by atoms with Crippen molar-refractivity contribution in [2.45, 2.75) is 11.9 Å². The smallest absolute Gasteiger partial charge is 0.265 e. The summed E-state index contributed by atoms with van der Waals surface area (Å²) in [5.74, 6) is 0. The van der Waals surface area contributed by atoms with Crippen molar-refractivity contribution in [1.82, 2.24) is 4.98 Å². The lowest BCUT2D eigenvalue weighted by Crippen LogP contribution is -2.07. The Morgan fingerprint density at radius 1 is 1.50 bits per heavy atom. The zero-order valence-corrected chi connectivity index (χ0v) is 7.41. The van der Waals surface area contributed by atoms with E-state index < -0.39 is 10.1 Å². The highest BCUT2D eigenvalue weighted by molar-refractivity contribution is 7.86. The van der Waals surface area contributed by atoms with Gasteiger partial charge in [0.1, 0.15) is 0 Å². The van der Waals surface area contributed by atoms with Gasteiger partial charge < -0.3 is 0 Å². The van der Waals surface area contributed by atoms with Crippen LogP contribution in [0.15, 0.2) is 29.4 Å². The van der Waals surface area contributed by atoms with Crippen LogP contribution in [0, 0.1) is 0 Å². The summed E-state index contributed by atoms with van der Waals surface area (Å²) in [4.78, 5) is 3.66. The molecule has 0 aliphatic heterocycles. The van der Waals surface area contributed by atoms with E-state index in [9.17, 15) is 8.42 Å². The molecule has 1 heterocycles. The lowest BCUT2D eigenvalue weighted by molar-refractivity contribution is 0.336. The predicted octanol–water partition coefficient (Wildman–Crippen LogP) is 0.807. The van der Waals surface area contributed by atoms with Crippen LogP contribution in [0.4, 0.5) is 0 Å². The molecule has 0 unspecified atom stereocenters. The molecule has 0 aliphatic rings. The van der Waals surface area contributed by atoms with Crippen LogP contribution >= 0.6 is 0 Å². The van der Waals surface area contributed by atoms with E-state index in [-0.39, 0.29) is 11.6 Å². The summed E-state index contributed by atoms with van der Waals surface area (Å²) in [6.07, 6.45) is 1.41. The number of rotatable bonds is 3. The minimum atomic E-state index is -3.62. The molecular weight excluding hydrogens is 178 g/mol. The molecule has 0 spiro atoms. The van der Waals surface area contributed by atoms with Gasteiger partial charge in [-0.2, -0.15) is 8.42 Å². The first-order valence-corrected chi connectivity index (χ1v) is 4.88. The molecule has 0 N–H and O–H groups in total. The molecule has 12 heavy (non-hydrogen) atoms. The molecule has 0 fully saturated rings. The number of pyridine rings is 1. The molecule has 5 heteroatoms. The molecule has 0 atom stereocenters. The van der Waals surface area contributed by atoms with E-state index in [1.807, 2.05) is 0 Å². The van der Waals surface area contributed by atoms with Crippen molar-refractivity contribution >= 4 is 10.1 Å². The standard InChI is InChI=1S/C7H9NO3S/c1-2-11-12(9,10)7-5-3-4-6-8-7/h3-6H,2H2,1H3. The Balaban J connectivity index is 2.99. The van der Waals surface area contributed by atoms with E-state index in [1.165, 1.54) is 12.3 Å². The number of nitrogens with zero attached hydrogens (tertiary/aromatic N) is 1. The average molecular weight is 187 g/mol. The lowest BCUT2D eigenvalue weighted by Gasteiger charge is -2.00. The first kappa shape index (κ1) is 9.15. The molecule has 0 aliphatic carbocycles. The van der Waals surface area contributed by atoms with Gasteiger partial charge in [0.05, 0.1) is 6.61 Å². The second-order valence-electron chi connectivity index (χ2n) is 2.03. The van der Waals surface area contributed by atoms with Gasteiger partial charge in [0.2, 0.25) is 0 Å². The number of hydrogen-bond acceptors (Lipinski definition) is 4. The molecule has 0 amide bonds. The Morgan fingerprint density at radius 3 is 2.75 bits per heavy atom. The molecule has 0 bridgehead atoms. The molecule has 66 valence electrons. The van der Waals surface area contributed by atoms with Gasteiger partial charge in [-0.3, -0.25) is 4.18 Å². The van der Waals surface area contributed by atoms with Crippen molar-refractivity contribution < 1.29 is 12.6 Å². The normalized spacial score (nSPS) is 11.4. The van der Waals surface area contributed by atoms with E-state index in [4.69, 9.17) is 0 Å². The summed E-state index contributed by atoms with van der Waals surface area (Å²) in [6, 6.07) is 4.63. The van der Waals surface area contributed by atoms with Crippen molar-refractivity contribution in [3.05, 3.63) is 24.4 Å². The summed E-state index contributed by atoms with van der Waals surface area (Å²) in [6.45, 7) is 1.74. The van der Waals surface area contributed by atoms with Gasteiger partial charge in [-0.05, 0) is 19.1 Å². The third-order valence-corrected chi connectivity index (χ3v) is 2.47. The van der Waals surface area contributed by atoms with Crippen LogP contribution in [0.25, 0.3) is 0 Å². The van der Waals surface area contributed by atoms with Crippen molar-refractivity contribution in [2.75, 3.05) is 6.61 Å². The topological polar surface area (TPSA) is 56.3 Å². The van der Waals surface area contributed by atoms with Crippen LogP contribution in [-0.2, 0) is 14.3 Å². The Bertz CT molecular complexity index is 333. The Kier molecular flexibility index (Phi) is 2.78. The molecular formula is C7H9NO3S. The van der Waals surface area contributed by atoms with Crippen LogP contribution < -0.4 is 0 Å². The molecule has 0 radical (unpaired) electrons. The molecule has 1 aromatic heterocycles. The molecule has 1 rings (SSSR count). The van der Waals surface area contributed by atoms with Crippen LogP contribution in [0.5, 0.6) is 0 Å². The maximum absolute atomic E-state index is 11.1. The lowest BCUT2D eigenvalue weighted by atomic mass is 10.5. The van der Waals surface area contributed by atoms with Gasteiger partial charge in [0.15, 0.2) is 5.03 Å². The van der Waals surface area contributed by atoms with Crippen LogP contribution in [0.1, 0.15) is 6.92 Å². The average Bonchev–Trinajstić information content (AvgIpc) is 2.06. The fraction of sp³-hybridized carbons (Fsp3) is 0.286. The molecule has 0 aromatic carbocycles. The van der Waals surface area contributed by atoms with Crippen molar-refractivity contribution in [2.24, 2.45) is 0 Å². The van der Waals surface area contributed by atoms with Gasteiger partial charge in [0, 0.05) is 6.20 Å². The quantitative estimate of drug-likeness (QED) is 0.657. The Hall–Kier alpha value is -0.940. The highest BCUT2D eigenvalue weighted by Gasteiger charge is 2.14. The fourth-order valence-electron chi connectivity index (χ4n) is 0.710. The highest BCUT2D eigenvalue weighted by atomic mass is 32.2. The third-order valence-electron chi connectivity index (χ3n) is 1.17. The molecule has 4 nitrogen and oxygen atoms in total. The largest absolute Gasteiger partial charge is 0.314 e. The molecule has 1 aromatic rings. The van der Waals surface area contributed by atoms with E-state index in [0.29, 0.717) is 0 Å². The first-order valence-electron chi connectivity index (χ1n) is 3.47. The zero-order chi connectivity index (χ0) is 9.03.